The molecule has 0 unspecified atom stereocenters. The van der Waals surface area contributed by atoms with Gasteiger partial charge in [-0.1, -0.05) is 11.6 Å². The van der Waals surface area contributed by atoms with Crippen molar-refractivity contribution in [3.05, 3.63) is 28.0 Å². The van der Waals surface area contributed by atoms with Crippen molar-refractivity contribution in [2.45, 2.75) is 6.43 Å². The number of hydrogen-bond donors (Lipinski definition) is 0. The fraction of sp³-hybridized carbons (Fsp3) is 0.222. The van der Waals surface area contributed by atoms with Crippen LogP contribution in [0.25, 0.3) is 0 Å². The minimum atomic E-state index is -2.91. The molecular formula is C9H5ClF2N2O2. The first-order valence-corrected chi connectivity index (χ1v) is 4.36. The molecule has 0 atom stereocenters. The molecular weight excluding hydrogens is 242 g/mol. The third-order valence-corrected chi connectivity index (χ3v) is 2.02. The molecule has 0 saturated carbocycles. The summed E-state index contributed by atoms with van der Waals surface area (Å²) >= 11 is 5.49. The number of esters is 1. The molecule has 0 aliphatic rings. The molecule has 0 aliphatic heterocycles. The highest BCUT2D eigenvalue weighted by atomic mass is 35.5. The van der Waals surface area contributed by atoms with E-state index in [1.807, 2.05) is 0 Å². The van der Waals surface area contributed by atoms with Gasteiger partial charge in [-0.25, -0.2) is 18.6 Å². The highest BCUT2D eigenvalue weighted by Crippen LogP contribution is 2.27. The topological polar surface area (TPSA) is 63.0 Å². The van der Waals surface area contributed by atoms with Gasteiger partial charge in [0.05, 0.1) is 17.7 Å². The summed E-state index contributed by atoms with van der Waals surface area (Å²) in [5, 5.41) is 8.27. The Hall–Kier alpha value is -1.74. The zero-order valence-electron chi connectivity index (χ0n) is 8.00. The van der Waals surface area contributed by atoms with E-state index < -0.39 is 23.8 Å². The van der Waals surface area contributed by atoms with Crippen LogP contribution in [0, 0.1) is 11.3 Å². The maximum Gasteiger partial charge on any atom is 0.340 e. The van der Waals surface area contributed by atoms with Crippen LogP contribution in [0.1, 0.15) is 28.2 Å². The first-order valence-electron chi connectivity index (χ1n) is 3.98. The zero-order chi connectivity index (χ0) is 12.3. The fourth-order valence-corrected chi connectivity index (χ4v) is 1.24. The standard InChI is InChI=1S/C9H5ClF2N2O2/c1-16-9(15)4-2-5(10)7(8(11)12)14-6(4)3-13/h2,8H,1H3. The number of carbonyl (C=O) groups is 1. The largest absolute Gasteiger partial charge is 0.465 e. The minimum absolute atomic E-state index is 0.237. The van der Waals surface area contributed by atoms with Gasteiger partial charge in [-0.05, 0) is 6.07 Å². The number of carbonyl (C=O) groups excluding carboxylic acids is 1. The Kier molecular flexibility index (Phi) is 3.74. The highest BCUT2D eigenvalue weighted by Gasteiger charge is 2.21. The third-order valence-electron chi connectivity index (χ3n) is 1.72. The number of nitrogens with zero attached hydrogens (tertiary/aromatic N) is 2. The van der Waals surface area contributed by atoms with Crippen LogP contribution >= 0.6 is 11.6 Å². The lowest BCUT2D eigenvalue weighted by Gasteiger charge is -2.06. The molecule has 0 spiro atoms. The van der Waals surface area contributed by atoms with Gasteiger partial charge in [0, 0.05) is 0 Å². The van der Waals surface area contributed by atoms with Gasteiger partial charge in [0.25, 0.3) is 6.43 Å². The molecule has 0 saturated heterocycles. The number of ether oxygens (including phenoxy) is 1. The van der Waals surface area contributed by atoms with E-state index in [9.17, 15) is 13.6 Å². The van der Waals surface area contributed by atoms with Crippen LogP contribution in [0.5, 0.6) is 0 Å². The molecule has 0 bridgehead atoms. The summed E-state index contributed by atoms with van der Waals surface area (Å²) < 4.78 is 29.1. The van der Waals surface area contributed by atoms with E-state index in [1.54, 1.807) is 0 Å². The number of methoxy groups -OCH3 is 1. The van der Waals surface area contributed by atoms with Gasteiger partial charge < -0.3 is 4.74 Å². The smallest absolute Gasteiger partial charge is 0.340 e. The zero-order valence-corrected chi connectivity index (χ0v) is 8.76. The summed E-state index contributed by atoms with van der Waals surface area (Å²) in [7, 11) is 1.10. The number of nitriles is 1. The van der Waals surface area contributed by atoms with Crippen LogP contribution in [-0.2, 0) is 4.74 Å². The number of rotatable bonds is 2. The summed E-state index contributed by atoms with van der Waals surface area (Å²) in [6.45, 7) is 0. The van der Waals surface area contributed by atoms with Crippen LogP contribution in [0.15, 0.2) is 6.07 Å². The van der Waals surface area contributed by atoms with Crippen molar-refractivity contribution in [2.24, 2.45) is 0 Å². The monoisotopic (exact) mass is 246 g/mol. The summed E-state index contributed by atoms with van der Waals surface area (Å²) in [6, 6.07) is 2.47. The molecule has 84 valence electrons. The fourth-order valence-electron chi connectivity index (χ4n) is 1.01. The Morgan fingerprint density at radius 1 is 1.69 bits per heavy atom. The minimum Gasteiger partial charge on any atom is -0.465 e. The third kappa shape index (κ3) is 2.25. The van der Waals surface area contributed by atoms with Gasteiger partial charge in [0.1, 0.15) is 11.8 Å². The average Bonchev–Trinajstić information content (AvgIpc) is 2.27. The molecule has 1 rings (SSSR count). The van der Waals surface area contributed by atoms with Crippen LogP contribution in [-0.4, -0.2) is 18.1 Å². The normalized spacial score (nSPS) is 10.0. The second kappa shape index (κ2) is 4.86. The van der Waals surface area contributed by atoms with Crippen LogP contribution in [0.2, 0.25) is 5.02 Å². The molecule has 0 N–H and O–H groups in total. The number of halogens is 3. The van der Waals surface area contributed by atoms with E-state index in [1.165, 1.54) is 6.07 Å². The first kappa shape index (κ1) is 12.3. The molecule has 1 aromatic heterocycles. The van der Waals surface area contributed by atoms with E-state index in [-0.39, 0.29) is 10.6 Å². The summed E-state index contributed by atoms with van der Waals surface area (Å²) in [5.74, 6) is -0.855. The van der Waals surface area contributed by atoms with Gasteiger partial charge in [-0.2, -0.15) is 5.26 Å². The van der Waals surface area contributed by atoms with Gasteiger partial charge in [-0.3, -0.25) is 0 Å². The van der Waals surface area contributed by atoms with E-state index in [2.05, 4.69) is 9.72 Å². The number of aromatic nitrogens is 1. The lowest BCUT2D eigenvalue weighted by Crippen LogP contribution is -2.08. The van der Waals surface area contributed by atoms with Crippen molar-refractivity contribution in [1.29, 1.82) is 5.26 Å². The molecule has 0 amide bonds. The molecule has 1 aromatic rings. The molecule has 0 fully saturated rings. The Balaban J connectivity index is 3.39. The highest BCUT2D eigenvalue weighted by molar-refractivity contribution is 6.31. The first-order chi connectivity index (χ1) is 7.51. The van der Waals surface area contributed by atoms with Crippen molar-refractivity contribution in [2.75, 3.05) is 7.11 Å². The van der Waals surface area contributed by atoms with Crippen LogP contribution in [0.3, 0.4) is 0 Å². The van der Waals surface area contributed by atoms with E-state index in [0.717, 1.165) is 13.2 Å². The van der Waals surface area contributed by atoms with Crippen molar-refractivity contribution in [3.8, 4) is 6.07 Å². The molecule has 16 heavy (non-hydrogen) atoms. The molecule has 0 radical (unpaired) electrons. The molecule has 7 heteroatoms. The second-order valence-electron chi connectivity index (χ2n) is 2.66. The second-order valence-corrected chi connectivity index (χ2v) is 3.06. The van der Waals surface area contributed by atoms with E-state index in [0.29, 0.717) is 0 Å². The van der Waals surface area contributed by atoms with Gasteiger partial charge in [0.15, 0.2) is 5.69 Å². The predicted molar refractivity (Wildman–Crippen MR) is 50.3 cm³/mol. The van der Waals surface area contributed by atoms with Crippen molar-refractivity contribution in [1.82, 2.24) is 4.98 Å². The van der Waals surface area contributed by atoms with Gasteiger partial charge in [-0.15, -0.1) is 0 Å². The molecule has 1 heterocycles. The van der Waals surface area contributed by atoms with E-state index >= 15 is 0 Å². The maximum atomic E-state index is 12.4. The van der Waals surface area contributed by atoms with E-state index in [4.69, 9.17) is 16.9 Å². The maximum absolute atomic E-state index is 12.4. The summed E-state index contributed by atoms with van der Waals surface area (Å²) in [5.41, 5.74) is -1.41. The SMILES string of the molecule is COC(=O)c1cc(Cl)c(C(F)F)nc1C#N. The van der Waals surface area contributed by atoms with Crippen molar-refractivity contribution in [3.63, 3.8) is 0 Å². The lowest BCUT2D eigenvalue weighted by atomic mass is 10.2. The summed E-state index contributed by atoms with van der Waals surface area (Å²) in [6.07, 6.45) is -2.91. The number of alkyl halides is 2. The summed E-state index contributed by atoms with van der Waals surface area (Å²) in [4.78, 5) is 14.5. The Morgan fingerprint density at radius 2 is 2.31 bits per heavy atom. The number of hydrogen-bond acceptors (Lipinski definition) is 4. The van der Waals surface area contributed by atoms with Crippen molar-refractivity contribution < 1.29 is 18.3 Å². The van der Waals surface area contributed by atoms with Crippen molar-refractivity contribution >= 4 is 17.6 Å². The van der Waals surface area contributed by atoms with Crippen LogP contribution < -0.4 is 0 Å². The lowest BCUT2D eigenvalue weighted by molar-refractivity contribution is 0.0599. The predicted octanol–water partition coefficient (Wildman–Crippen LogP) is 2.33. The Morgan fingerprint density at radius 3 is 2.75 bits per heavy atom. The Labute approximate surface area is 94.4 Å². The molecule has 0 aliphatic carbocycles. The Bertz CT molecular complexity index is 471. The molecule has 4 nitrogen and oxygen atoms in total. The quantitative estimate of drug-likeness (QED) is 0.752. The molecule has 0 aromatic carbocycles. The number of pyridine rings is 1. The van der Waals surface area contributed by atoms with Crippen LogP contribution in [0.4, 0.5) is 8.78 Å². The average molecular weight is 247 g/mol. The van der Waals surface area contributed by atoms with Gasteiger partial charge >= 0.3 is 5.97 Å². The van der Waals surface area contributed by atoms with Gasteiger partial charge in [0.2, 0.25) is 0 Å².